The number of rotatable bonds is 3. The summed E-state index contributed by atoms with van der Waals surface area (Å²) in [6, 6.07) is 12.3. The number of hydrogen-bond donors (Lipinski definition) is 1. The average Bonchev–Trinajstić information content (AvgIpc) is 2.89. The first-order chi connectivity index (χ1) is 11.1. The zero-order valence-electron chi connectivity index (χ0n) is 12.4. The molecule has 0 amide bonds. The third kappa shape index (κ3) is 3.39. The van der Waals surface area contributed by atoms with Crippen LogP contribution in [0.5, 0.6) is 0 Å². The molecule has 1 saturated heterocycles. The Bertz CT molecular complexity index is 757. The van der Waals surface area contributed by atoms with Crippen LogP contribution in [0.2, 0.25) is 0 Å². The molecule has 23 heavy (non-hydrogen) atoms. The van der Waals surface area contributed by atoms with Gasteiger partial charge in [-0.05, 0) is 41.8 Å². The highest BCUT2D eigenvalue weighted by Gasteiger charge is 2.32. The quantitative estimate of drug-likeness (QED) is 0.947. The average molecular weight is 314 g/mol. The van der Waals surface area contributed by atoms with E-state index in [1.54, 1.807) is 12.1 Å². The molecule has 2 atom stereocenters. The molecule has 0 unspecified atom stereocenters. The number of likely N-dealkylation sites (tertiary alicyclic amines) is 1. The van der Waals surface area contributed by atoms with Crippen molar-refractivity contribution >= 4 is 0 Å². The lowest BCUT2D eigenvalue weighted by molar-refractivity contribution is 0.172. The number of nitrogens with zero attached hydrogens (tertiary/aromatic N) is 2. The van der Waals surface area contributed by atoms with Gasteiger partial charge in [0, 0.05) is 19.1 Å². The minimum Gasteiger partial charge on any atom is -0.392 e. The summed E-state index contributed by atoms with van der Waals surface area (Å²) >= 11 is 0. The molecule has 1 N–H and O–H groups in total. The van der Waals surface area contributed by atoms with Crippen LogP contribution in [0.25, 0.3) is 0 Å². The van der Waals surface area contributed by atoms with Crippen molar-refractivity contribution in [1.29, 1.82) is 5.26 Å². The summed E-state index contributed by atoms with van der Waals surface area (Å²) in [6.07, 6.45) is 0.00116. The maximum Gasteiger partial charge on any atom is 0.124 e. The number of benzene rings is 2. The molecule has 1 fully saturated rings. The maximum absolute atomic E-state index is 13.5. The summed E-state index contributed by atoms with van der Waals surface area (Å²) in [6.45, 7) is 0.838. The standard InChI is InChI=1S/C18H16F2N2O/c19-15-3-1-2-12(6-15)18-8-17(23)11-22(18)10-13-4-5-16(20)7-14(13)9-21/h1-7,17-18,23H,8,10-11H2/t17-,18-/m1/s1. The van der Waals surface area contributed by atoms with Crippen molar-refractivity contribution in [3.05, 3.63) is 70.8 Å². The van der Waals surface area contributed by atoms with Crippen LogP contribution < -0.4 is 0 Å². The lowest BCUT2D eigenvalue weighted by Crippen LogP contribution is -2.24. The van der Waals surface area contributed by atoms with Crippen LogP contribution in [-0.2, 0) is 6.54 Å². The normalized spacial score (nSPS) is 21.3. The van der Waals surface area contributed by atoms with Crippen LogP contribution >= 0.6 is 0 Å². The van der Waals surface area contributed by atoms with E-state index in [9.17, 15) is 13.9 Å². The summed E-state index contributed by atoms with van der Waals surface area (Å²) in [4.78, 5) is 1.99. The van der Waals surface area contributed by atoms with Crippen molar-refractivity contribution in [1.82, 2.24) is 4.90 Å². The zero-order chi connectivity index (χ0) is 16.4. The minimum absolute atomic E-state index is 0.128. The Morgan fingerprint density at radius 2 is 1.96 bits per heavy atom. The molecule has 1 aliphatic rings. The highest BCUT2D eigenvalue weighted by atomic mass is 19.1. The maximum atomic E-state index is 13.5. The number of halogens is 2. The van der Waals surface area contributed by atoms with Crippen molar-refractivity contribution < 1.29 is 13.9 Å². The predicted molar refractivity (Wildman–Crippen MR) is 81.3 cm³/mol. The summed E-state index contributed by atoms with van der Waals surface area (Å²) in [5, 5.41) is 19.1. The van der Waals surface area contributed by atoms with Crippen LogP contribution in [0.3, 0.4) is 0 Å². The van der Waals surface area contributed by atoms with E-state index in [-0.39, 0.29) is 17.4 Å². The molecular formula is C18H16F2N2O. The number of β-amino-alcohol motifs (C(OH)–C–C–N with tert-alkyl or cyclic N) is 1. The van der Waals surface area contributed by atoms with Crippen LogP contribution in [0.4, 0.5) is 8.78 Å². The van der Waals surface area contributed by atoms with Crippen LogP contribution in [0.15, 0.2) is 42.5 Å². The summed E-state index contributed by atoms with van der Waals surface area (Å²) in [5.41, 5.74) is 1.77. The molecule has 1 heterocycles. The third-order valence-corrected chi connectivity index (χ3v) is 4.18. The molecular weight excluding hydrogens is 298 g/mol. The SMILES string of the molecule is N#Cc1cc(F)ccc1CN1C[C@H](O)C[C@@H]1c1cccc(F)c1. The second-order valence-corrected chi connectivity index (χ2v) is 5.80. The first-order valence-corrected chi connectivity index (χ1v) is 7.43. The largest absolute Gasteiger partial charge is 0.392 e. The second-order valence-electron chi connectivity index (χ2n) is 5.80. The van der Waals surface area contributed by atoms with Crippen LogP contribution in [0.1, 0.15) is 29.2 Å². The van der Waals surface area contributed by atoms with E-state index in [1.807, 2.05) is 17.0 Å². The Morgan fingerprint density at radius 3 is 2.70 bits per heavy atom. The van der Waals surface area contributed by atoms with Crippen molar-refractivity contribution in [2.75, 3.05) is 6.54 Å². The summed E-state index contributed by atoms with van der Waals surface area (Å²) in [5.74, 6) is -0.767. The molecule has 2 aromatic carbocycles. The van der Waals surface area contributed by atoms with Gasteiger partial charge < -0.3 is 5.11 Å². The monoisotopic (exact) mass is 314 g/mol. The van der Waals surface area contributed by atoms with Gasteiger partial charge >= 0.3 is 0 Å². The number of aliphatic hydroxyl groups is 1. The Balaban J connectivity index is 1.88. The van der Waals surface area contributed by atoms with Gasteiger partial charge in [-0.1, -0.05) is 18.2 Å². The lowest BCUT2D eigenvalue weighted by atomic mass is 10.0. The molecule has 3 rings (SSSR count). The molecule has 1 aliphatic heterocycles. The van der Waals surface area contributed by atoms with Gasteiger partial charge in [-0.15, -0.1) is 0 Å². The van der Waals surface area contributed by atoms with E-state index >= 15 is 0 Å². The van der Waals surface area contributed by atoms with Gasteiger partial charge in [0.2, 0.25) is 0 Å². The van der Waals surface area contributed by atoms with Gasteiger partial charge in [-0.25, -0.2) is 8.78 Å². The molecule has 0 saturated carbocycles. The van der Waals surface area contributed by atoms with Crippen molar-refractivity contribution in [2.45, 2.75) is 25.1 Å². The Labute approximate surface area is 133 Å². The van der Waals surface area contributed by atoms with Gasteiger partial charge in [0.05, 0.1) is 17.7 Å². The van der Waals surface area contributed by atoms with E-state index < -0.39 is 11.9 Å². The Kier molecular flexibility index (Phi) is 4.37. The number of aliphatic hydroxyl groups excluding tert-OH is 1. The molecule has 2 aromatic rings. The molecule has 118 valence electrons. The van der Waals surface area contributed by atoms with Gasteiger partial charge in [0.15, 0.2) is 0 Å². The van der Waals surface area contributed by atoms with Crippen molar-refractivity contribution in [3.8, 4) is 6.07 Å². The predicted octanol–water partition coefficient (Wildman–Crippen LogP) is 3.14. The Morgan fingerprint density at radius 1 is 1.17 bits per heavy atom. The summed E-state index contributed by atoms with van der Waals surface area (Å²) in [7, 11) is 0. The number of nitriles is 1. The first-order valence-electron chi connectivity index (χ1n) is 7.43. The lowest BCUT2D eigenvalue weighted by Gasteiger charge is -2.25. The van der Waals surface area contributed by atoms with Gasteiger partial charge in [-0.3, -0.25) is 4.90 Å². The highest BCUT2D eigenvalue weighted by Crippen LogP contribution is 2.34. The van der Waals surface area contributed by atoms with Gasteiger partial charge in [-0.2, -0.15) is 5.26 Å². The smallest absolute Gasteiger partial charge is 0.124 e. The second kappa shape index (κ2) is 6.45. The van der Waals surface area contributed by atoms with Crippen LogP contribution in [-0.4, -0.2) is 22.7 Å². The van der Waals surface area contributed by atoms with Crippen molar-refractivity contribution in [2.24, 2.45) is 0 Å². The van der Waals surface area contributed by atoms with E-state index in [2.05, 4.69) is 0 Å². The van der Waals surface area contributed by atoms with Gasteiger partial charge in [0.25, 0.3) is 0 Å². The van der Waals surface area contributed by atoms with E-state index in [0.717, 1.165) is 5.56 Å². The molecule has 0 aromatic heterocycles. The topological polar surface area (TPSA) is 47.3 Å². The summed E-state index contributed by atoms with van der Waals surface area (Å²) < 4.78 is 26.7. The highest BCUT2D eigenvalue weighted by molar-refractivity contribution is 5.38. The zero-order valence-corrected chi connectivity index (χ0v) is 12.4. The molecule has 3 nitrogen and oxygen atoms in total. The molecule has 0 spiro atoms. The fourth-order valence-electron chi connectivity index (χ4n) is 3.12. The molecule has 0 bridgehead atoms. The fraction of sp³-hybridized carbons (Fsp3) is 0.278. The fourth-order valence-corrected chi connectivity index (χ4v) is 3.12. The first kappa shape index (κ1) is 15.6. The van der Waals surface area contributed by atoms with E-state index in [1.165, 1.54) is 24.3 Å². The van der Waals surface area contributed by atoms with Crippen LogP contribution in [0, 0.1) is 23.0 Å². The van der Waals surface area contributed by atoms with Gasteiger partial charge in [0.1, 0.15) is 11.6 Å². The molecule has 5 heteroatoms. The number of hydrogen-bond acceptors (Lipinski definition) is 3. The Hall–Kier alpha value is -2.29. The molecule has 0 aliphatic carbocycles. The third-order valence-electron chi connectivity index (χ3n) is 4.18. The minimum atomic E-state index is -0.505. The van der Waals surface area contributed by atoms with Crippen molar-refractivity contribution in [3.63, 3.8) is 0 Å². The van der Waals surface area contributed by atoms with E-state index in [0.29, 0.717) is 25.1 Å². The van der Waals surface area contributed by atoms with E-state index in [4.69, 9.17) is 5.26 Å². The molecule has 0 radical (unpaired) electrons.